The lowest BCUT2D eigenvalue weighted by Gasteiger charge is -2.13. The molecule has 52 valence electrons. The molecule has 9 heavy (non-hydrogen) atoms. The Labute approximate surface area is 54.1 Å². The van der Waals surface area contributed by atoms with Crippen molar-refractivity contribution in [1.29, 1.82) is 0 Å². The first kappa shape index (κ1) is 6.74. The second kappa shape index (κ2) is 2.96. The number of hydrogen-bond acceptors (Lipinski definition) is 3. The summed E-state index contributed by atoms with van der Waals surface area (Å²) in [6.45, 7) is 0.605. The molecule has 0 aromatic carbocycles. The Morgan fingerprint density at radius 3 is 3.11 bits per heavy atom. The summed E-state index contributed by atoms with van der Waals surface area (Å²) in [5.41, 5.74) is 5.45. The fourth-order valence-electron chi connectivity index (χ4n) is 0.782. The molecule has 3 heteroatoms. The van der Waals surface area contributed by atoms with Crippen LogP contribution in [-0.4, -0.2) is 30.5 Å². The van der Waals surface area contributed by atoms with E-state index >= 15 is 0 Å². The topological polar surface area (TPSA) is 55.5 Å². The van der Waals surface area contributed by atoms with E-state index in [4.69, 9.17) is 15.6 Å². The van der Waals surface area contributed by atoms with Gasteiger partial charge in [-0.05, 0) is 0 Å². The van der Waals surface area contributed by atoms with E-state index in [0.717, 1.165) is 0 Å². The Balaban J connectivity index is 2.33. The van der Waals surface area contributed by atoms with Crippen molar-refractivity contribution in [3.63, 3.8) is 0 Å². The van der Waals surface area contributed by atoms with Crippen molar-refractivity contribution < 1.29 is 9.84 Å². The highest BCUT2D eigenvalue weighted by molar-refractivity contribution is 5.00. The first-order chi connectivity index (χ1) is 4.34. The Morgan fingerprint density at radius 1 is 1.89 bits per heavy atom. The van der Waals surface area contributed by atoms with E-state index < -0.39 is 0 Å². The Kier molecular flexibility index (Phi) is 2.22. The molecule has 0 aromatic heterocycles. The maximum Gasteiger partial charge on any atom is 0.0934 e. The van der Waals surface area contributed by atoms with Crippen LogP contribution >= 0.6 is 0 Å². The van der Waals surface area contributed by atoms with Gasteiger partial charge in [0, 0.05) is 0 Å². The van der Waals surface area contributed by atoms with Crippen molar-refractivity contribution in [1.82, 2.24) is 0 Å². The molecule has 1 unspecified atom stereocenters. The second-order valence-electron chi connectivity index (χ2n) is 2.07. The zero-order chi connectivity index (χ0) is 6.69. The smallest absolute Gasteiger partial charge is 0.0934 e. The van der Waals surface area contributed by atoms with Crippen molar-refractivity contribution in [2.75, 3.05) is 13.2 Å². The average molecular weight is 129 g/mol. The van der Waals surface area contributed by atoms with Crippen LogP contribution in [0.5, 0.6) is 0 Å². The van der Waals surface area contributed by atoms with Gasteiger partial charge >= 0.3 is 0 Å². The van der Waals surface area contributed by atoms with Crippen LogP contribution in [0.15, 0.2) is 12.2 Å². The number of aliphatic hydroxyl groups is 1. The Hall–Kier alpha value is -0.380. The summed E-state index contributed by atoms with van der Waals surface area (Å²) in [6, 6.07) is -0.260. The number of nitrogens with two attached hydrogens (primary N) is 1. The SMILES string of the molecule is N[C@H](CO)C1C=CCO1. The molecule has 1 rings (SSSR count). The van der Waals surface area contributed by atoms with Crippen LogP contribution in [0.25, 0.3) is 0 Å². The lowest BCUT2D eigenvalue weighted by atomic mass is 10.2. The van der Waals surface area contributed by atoms with E-state index in [9.17, 15) is 0 Å². The summed E-state index contributed by atoms with van der Waals surface area (Å²) < 4.78 is 5.11. The van der Waals surface area contributed by atoms with Crippen LogP contribution in [0.1, 0.15) is 0 Å². The zero-order valence-corrected chi connectivity index (χ0v) is 5.16. The van der Waals surface area contributed by atoms with E-state index in [1.807, 2.05) is 12.2 Å². The minimum Gasteiger partial charge on any atom is -0.395 e. The van der Waals surface area contributed by atoms with E-state index in [1.165, 1.54) is 0 Å². The summed E-state index contributed by atoms with van der Waals surface area (Å²) in [6.07, 6.45) is 3.70. The molecule has 2 atom stereocenters. The molecule has 0 aliphatic carbocycles. The molecule has 3 nitrogen and oxygen atoms in total. The van der Waals surface area contributed by atoms with E-state index in [-0.39, 0.29) is 18.8 Å². The van der Waals surface area contributed by atoms with Gasteiger partial charge in [0.25, 0.3) is 0 Å². The zero-order valence-electron chi connectivity index (χ0n) is 5.16. The van der Waals surface area contributed by atoms with Crippen LogP contribution in [0.4, 0.5) is 0 Å². The summed E-state index contributed by atoms with van der Waals surface area (Å²) in [7, 11) is 0. The van der Waals surface area contributed by atoms with Gasteiger partial charge in [0.15, 0.2) is 0 Å². The van der Waals surface area contributed by atoms with Gasteiger partial charge in [0.1, 0.15) is 0 Å². The number of ether oxygens (including phenoxy) is 1. The first-order valence-corrected chi connectivity index (χ1v) is 2.99. The molecule has 0 saturated heterocycles. The maximum atomic E-state index is 8.56. The van der Waals surface area contributed by atoms with Crippen LogP contribution in [0.3, 0.4) is 0 Å². The Morgan fingerprint density at radius 2 is 2.67 bits per heavy atom. The molecule has 1 aliphatic rings. The maximum absolute atomic E-state index is 8.56. The van der Waals surface area contributed by atoms with Crippen LogP contribution < -0.4 is 5.73 Å². The normalized spacial score (nSPS) is 28.9. The highest BCUT2D eigenvalue weighted by atomic mass is 16.5. The first-order valence-electron chi connectivity index (χ1n) is 2.99. The third kappa shape index (κ3) is 1.51. The highest BCUT2D eigenvalue weighted by Crippen LogP contribution is 2.05. The summed E-state index contributed by atoms with van der Waals surface area (Å²) >= 11 is 0. The third-order valence-electron chi connectivity index (χ3n) is 1.34. The van der Waals surface area contributed by atoms with Crippen molar-refractivity contribution >= 4 is 0 Å². The number of aliphatic hydroxyl groups excluding tert-OH is 1. The van der Waals surface area contributed by atoms with Crippen LogP contribution in [-0.2, 0) is 4.74 Å². The quantitative estimate of drug-likeness (QED) is 0.483. The number of hydrogen-bond donors (Lipinski definition) is 2. The molecule has 3 N–H and O–H groups in total. The molecule has 0 amide bonds. The third-order valence-corrected chi connectivity index (χ3v) is 1.34. The van der Waals surface area contributed by atoms with Gasteiger partial charge in [0.2, 0.25) is 0 Å². The minimum atomic E-state index is -0.260. The minimum absolute atomic E-state index is 0.0188. The lowest BCUT2D eigenvalue weighted by Crippen LogP contribution is -2.36. The van der Waals surface area contributed by atoms with E-state index in [1.54, 1.807) is 0 Å². The molecular formula is C6H11NO2. The molecule has 1 heterocycles. The van der Waals surface area contributed by atoms with Gasteiger partial charge in [-0.25, -0.2) is 0 Å². The van der Waals surface area contributed by atoms with Gasteiger partial charge in [0.05, 0.1) is 25.4 Å². The summed E-state index contributed by atoms with van der Waals surface area (Å²) in [5, 5.41) is 8.56. The largest absolute Gasteiger partial charge is 0.395 e. The van der Waals surface area contributed by atoms with E-state index in [0.29, 0.717) is 6.61 Å². The number of rotatable bonds is 2. The molecule has 0 bridgehead atoms. The average Bonchev–Trinajstić information content (AvgIpc) is 2.37. The molecular weight excluding hydrogens is 118 g/mol. The monoisotopic (exact) mass is 129 g/mol. The Bertz CT molecular complexity index is 114. The van der Waals surface area contributed by atoms with Gasteiger partial charge in [-0.3, -0.25) is 0 Å². The van der Waals surface area contributed by atoms with E-state index in [2.05, 4.69) is 0 Å². The summed E-state index contributed by atoms with van der Waals surface area (Å²) in [5.74, 6) is 0. The molecule has 0 spiro atoms. The predicted molar refractivity (Wildman–Crippen MR) is 33.9 cm³/mol. The van der Waals surface area contributed by atoms with Crippen LogP contribution in [0, 0.1) is 0 Å². The molecule has 1 aliphatic heterocycles. The van der Waals surface area contributed by atoms with Crippen molar-refractivity contribution in [2.45, 2.75) is 12.1 Å². The highest BCUT2D eigenvalue weighted by Gasteiger charge is 2.16. The molecule has 0 radical (unpaired) electrons. The van der Waals surface area contributed by atoms with Gasteiger partial charge in [-0.2, -0.15) is 0 Å². The summed E-state index contributed by atoms with van der Waals surface area (Å²) in [4.78, 5) is 0. The second-order valence-corrected chi connectivity index (χ2v) is 2.07. The molecule has 0 fully saturated rings. The van der Waals surface area contributed by atoms with Gasteiger partial charge in [-0.1, -0.05) is 12.2 Å². The van der Waals surface area contributed by atoms with Crippen molar-refractivity contribution in [3.8, 4) is 0 Å². The lowest BCUT2D eigenvalue weighted by molar-refractivity contribution is 0.0851. The fourth-order valence-corrected chi connectivity index (χ4v) is 0.782. The van der Waals surface area contributed by atoms with Gasteiger partial charge in [-0.15, -0.1) is 0 Å². The standard InChI is InChI=1S/C6H11NO2/c7-5(4-8)6-2-1-3-9-6/h1-2,5-6,8H,3-4,7H2/t5-,6?/m1/s1. The van der Waals surface area contributed by atoms with Gasteiger partial charge < -0.3 is 15.6 Å². The van der Waals surface area contributed by atoms with Crippen molar-refractivity contribution in [3.05, 3.63) is 12.2 Å². The molecule has 0 saturated carbocycles. The van der Waals surface area contributed by atoms with Crippen molar-refractivity contribution in [2.24, 2.45) is 5.73 Å². The molecule has 0 aromatic rings. The predicted octanol–water partition coefficient (Wildman–Crippen LogP) is -0.739. The van der Waals surface area contributed by atoms with Crippen LogP contribution in [0.2, 0.25) is 0 Å². The fraction of sp³-hybridized carbons (Fsp3) is 0.667.